The number of halogens is 1. The number of hydrogen-bond donors (Lipinski definition) is 2. The normalized spacial score (nSPS) is 11.3. The Morgan fingerprint density at radius 3 is 2.67 bits per heavy atom. The van der Waals surface area contributed by atoms with Crippen LogP contribution in [0.5, 0.6) is 0 Å². The molecule has 1 amide bonds. The Morgan fingerprint density at radius 1 is 1.22 bits per heavy atom. The molecule has 5 nitrogen and oxygen atoms in total. The summed E-state index contributed by atoms with van der Waals surface area (Å²) in [5.74, 6) is 1.28. The maximum atomic E-state index is 12.9. The van der Waals surface area contributed by atoms with Gasteiger partial charge in [-0.15, -0.1) is 23.1 Å². The Balaban J connectivity index is 1.76. The van der Waals surface area contributed by atoms with Gasteiger partial charge in [0.05, 0.1) is 6.54 Å². The van der Waals surface area contributed by atoms with Crippen LogP contribution in [0.3, 0.4) is 0 Å². The number of guanidine groups is 1. The van der Waals surface area contributed by atoms with Crippen molar-refractivity contribution in [1.82, 2.24) is 15.5 Å². The highest BCUT2D eigenvalue weighted by molar-refractivity contribution is 7.99. The van der Waals surface area contributed by atoms with E-state index in [2.05, 4.69) is 21.7 Å². The van der Waals surface area contributed by atoms with Crippen LogP contribution in [0, 0.1) is 5.82 Å². The molecule has 0 aliphatic rings. The topological polar surface area (TPSA) is 56.7 Å². The zero-order valence-electron chi connectivity index (χ0n) is 15.6. The van der Waals surface area contributed by atoms with E-state index < -0.39 is 0 Å². The number of likely N-dealkylation sites (N-methyl/N-ethyl adjacent to an activating group) is 1. The number of nitrogens with one attached hydrogen (secondary N) is 2. The fourth-order valence-electron chi connectivity index (χ4n) is 2.05. The second kappa shape index (κ2) is 11.6. The number of aliphatic imine (C=N–C) groups is 1. The molecule has 0 spiro atoms. The third-order valence-corrected chi connectivity index (χ3v) is 5.55. The predicted molar refractivity (Wildman–Crippen MR) is 112 cm³/mol. The van der Waals surface area contributed by atoms with Crippen LogP contribution in [-0.2, 0) is 11.3 Å². The average Bonchev–Trinajstić information content (AvgIpc) is 3.17. The molecule has 0 unspecified atom stereocenters. The van der Waals surface area contributed by atoms with Gasteiger partial charge in [-0.25, -0.2) is 9.38 Å². The number of nitrogens with zero attached hydrogens (tertiary/aromatic N) is 2. The highest BCUT2D eigenvalue weighted by Gasteiger charge is 2.05. The minimum absolute atomic E-state index is 0.0425. The third-order valence-electron chi connectivity index (χ3n) is 3.58. The Kier molecular flexibility index (Phi) is 9.13. The first-order valence-electron chi connectivity index (χ1n) is 8.67. The summed E-state index contributed by atoms with van der Waals surface area (Å²) in [7, 11) is 3.44. The van der Waals surface area contributed by atoms with Gasteiger partial charge in [-0.05, 0) is 47.9 Å². The lowest BCUT2D eigenvalue weighted by atomic mass is 10.4. The first-order chi connectivity index (χ1) is 13.0. The molecule has 1 aromatic heterocycles. The highest BCUT2D eigenvalue weighted by atomic mass is 32.2. The zero-order chi connectivity index (χ0) is 19.5. The van der Waals surface area contributed by atoms with E-state index in [9.17, 15) is 9.18 Å². The molecule has 27 heavy (non-hydrogen) atoms. The maximum absolute atomic E-state index is 12.9. The van der Waals surface area contributed by atoms with E-state index in [1.807, 2.05) is 11.4 Å². The smallest absolute Gasteiger partial charge is 0.243 e. The predicted octanol–water partition coefficient (Wildman–Crippen LogP) is 3.19. The van der Waals surface area contributed by atoms with Crippen LogP contribution in [-0.4, -0.2) is 49.7 Å². The largest absolute Gasteiger partial charge is 0.356 e. The van der Waals surface area contributed by atoms with Gasteiger partial charge in [0.15, 0.2) is 5.96 Å². The van der Waals surface area contributed by atoms with Crippen molar-refractivity contribution in [2.75, 3.05) is 32.9 Å². The van der Waals surface area contributed by atoms with E-state index in [4.69, 9.17) is 0 Å². The summed E-state index contributed by atoms with van der Waals surface area (Å²) in [4.78, 5) is 19.9. The number of carbonyl (C=O) groups excluding carboxylic acids is 1. The summed E-state index contributed by atoms with van der Waals surface area (Å²) >= 11 is 3.36. The summed E-state index contributed by atoms with van der Waals surface area (Å²) in [6, 6.07) is 10.6. The minimum atomic E-state index is -0.217. The number of rotatable bonds is 9. The van der Waals surface area contributed by atoms with Crippen molar-refractivity contribution in [2.24, 2.45) is 4.99 Å². The van der Waals surface area contributed by atoms with Crippen LogP contribution in [0.25, 0.3) is 0 Å². The molecule has 0 aliphatic carbocycles. The van der Waals surface area contributed by atoms with Gasteiger partial charge in [0.2, 0.25) is 5.91 Å². The van der Waals surface area contributed by atoms with E-state index in [1.165, 1.54) is 21.9 Å². The standard InChI is InChI=1S/C19H25FN4OS2/c1-24(2)18(25)14-23-19(22-13-17-5-3-11-27-17)21-10-4-12-26-16-8-6-15(20)7-9-16/h3,5-9,11H,4,10,12-14H2,1-2H3,(H2,21,22,23). The first-order valence-corrected chi connectivity index (χ1v) is 10.5. The van der Waals surface area contributed by atoms with Crippen molar-refractivity contribution in [2.45, 2.75) is 17.9 Å². The van der Waals surface area contributed by atoms with Crippen molar-refractivity contribution in [3.8, 4) is 0 Å². The first kappa shape index (κ1) is 21.2. The maximum Gasteiger partial charge on any atom is 0.243 e. The van der Waals surface area contributed by atoms with Gasteiger partial charge in [0.25, 0.3) is 0 Å². The number of thiophene rings is 1. The Labute approximate surface area is 168 Å². The van der Waals surface area contributed by atoms with Gasteiger partial charge in [-0.2, -0.15) is 0 Å². The summed E-state index contributed by atoms with van der Waals surface area (Å²) < 4.78 is 12.9. The number of amides is 1. The molecular formula is C19H25FN4OS2. The van der Waals surface area contributed by atoms with Crippen LogP contribution in [0.4, 0.5) is 4.39 Å². The third kappa shape index (κ3) is 8.45. The van der Waals surface area contributed by atoms with Crippen molar-refractivity contribution < 1.29 is 9.18 Å². The van der Waals surface area contributed by atoms with E-state index in [1.54, 1.807) is 49.3 Å². The quantitative estimate of drug-likeness (QED) is 0.290. The SMILES string of the molecule is CN(C)C(=O)CN=C(NCCCSc1ccc(F)cc1)NCc1cccs1. The number of carbonyl (C=O) groups is 1. The Hall–Kier alpha value is -2.06. The Morgan fingerprint density at radius 2 is 2.00 bits per heavy atom. The van der Waals surface area contributed by atoms with Crippen LogP contribution in [0.15, 0.2) is 51.7 Å². The average molecular weight is 409 g/mol. The number of benzene rings is 1. The van der Waals surface area contributed by atoms with Crippen molar-refractivity contribution in [1.29, 1.82) is 0 Å². The molecule has 1 heterocycles. The van der Waals surface area contributed by atoms with Gasteiger partial charge >= 0.3 is 0 Å². The van der Waals surface area contributed by atoms with Crippen molar-refractivity contribution >= 4 is 35.0 Å². The molecule has 0 bridgehead atoms. The fourth-order valence-corrected chi connectivity index (χ4v) is 3.54. The van der Waals surface area contributed by atoms with Crippen LogP contribution in [0.2, 0.25) is 0 Å². The van der Waals surface area contributed by atoms with Gasteiger partial charge in [0, 0.05) is 30.4 Å². The summed E-state index contributed by atoms with van der Waals surface area (Å²) in [5, 5.41) is 8.56. The van der Waals surface area contributed by atoms with Gasteiger partial charge in [-0.1, -0.05) is 6.07 Å². The monoisotopic (exact) mass is 408 g/mol. The molecule has 0 saturated heterocycles. The molecule has 8 heteroatoms. The second-order valence-electron chi connectivity index (χ2n) is 5.97. The number of thioether (sulfide) groups is 1. The second-order valence-corrected chi connectivity index (χ2v) is 8.17. The molecule has 0 atom stereocenters. The highest BCUT2D eigenvalue weighted by Crippen LogP contribution is 2.18. The van der Waals surface area contributed by atoms with E-state index in [0.717, 1.165) is 23.6 Å². The molecular weight excluding hydrogens is 383 g/mol. The summed E-state index contributed by atoms with van der Waals surface area (Å²) in [6.07, 6.45) is 0.920. The summed E-state index contributed by atoms with van der Waals surface area (Å²) in [5.41, 5.74) is 0. The van der Waals surface area contributed by atoms with E-state index in [-0.39, 0.29) is 18.3 Å². The molecule has 1 aromatic carbocycles. The molecule has 0 saturated carbocycles. The van der Waals surface area contributed by atoms with E-state index in [0.29, 0.717) is 12.5 Å². The number of hydrogen-bond acceptors (Lipinski definition) is 4. The fraction of sp³-hybridized carbons (Fsp3) is 0.368. The van der Waals surface area contributed by atoms with Gasteiger partial charge in [-0.3, -0.25) is 4.79 Å². The lowest BCUT2D eigenvalue weighted by molar-refractivity contribution is -0.127. The van der Waals surface area contributed by atoms with Crippen molar-refractivity contribution in [3.63, 3.8) is 0 Å². The Bertz CT molecular complexity index is 718. The van der Waals surface area contributed by atoms with Crippen LogP contribution < -0.4 is 10.6 Å². The van der Waals surface area contributed by atoms with Gasteiger partial charge in [0.1, 0.15) is 12.4 Å². The lowest BCUT2D eigenvalue weighted by Gasteiger charge is -2.13. The van der Waals surface area contributed by atoms with Crippen LogP contribution in [0.1, 0.15) is 11.3 Å². The van der Waals surface area contributed by atoms with E-state index >= 15 is 0 Å². The molecule has 146 valence electrons. The van der Waals surface area contributed by atoms with Crippen LogP contribution >= 0.6 is 23.1 Å². The minimum Gasteiger partial charge on any atom is -0.356 e. The molecule has 2 N–H and O–H groups in total. The molecule has 0 fully saturated rings. The summed E-state index contributed by atoms with van der Waals surface area (Å²) in [6.45, 7) is 1.52. The molecule has 2 rings (SSSR count). The molecule has 0 radical (unpaired) electrons. The van der Waals surface area contributed by atoms with Crippen molar-refractivity contribution in [3.05, 3.63) is 52.5 Å². The molecule has 0 aliphatic heterocycles. The zero-order valence-corrected chi connectivity index (χ0v) is 17.2. The molecule has 2 aromatic rings. The van der Waals surface area contributed by atoms with Gasteiger partial charge < -0.3 is 15.5 Å². The lowest BCUT2D eigenvalue weighted by Crippen LogP contribution is -2.38.